The average molecular weight is 314 g/mol. The van der Waals surface area contributed by atoms with Gasteiger partial charge in [0.25, 0.3) is 16.4 Å². The Labute approximate surface area is 129 Å². The van der Waals surface area contributed by atoms with Crippen molar-refractivity contribution in [3.8, 4) is 5.69 Å². The summed E-state index contributed by atoms with van der Waals surface area (Å²) in [5.41, 5.74) is 1.97. The molecular formula is C16H16N3O2S+. The zero-order chi connectivity index (χ0) is 15.6. The molecule has 0 aliphatic carbocycles. The molecule has 112 valence electrons. The van der Waals surface area contributed by atoms with E-state index in [1.54, 1.807) is 43.0 Å². The molecule has 0 spiro atoms. The third-order valence-corrected chi connectivity index (χ3v) is 4.59. The third kappa shape index (κ3) is 3.01. The summed E-state index contributed by atoms with van der Waals surface area (Å²) in [6, 6.07) is 16.4. The summed E-state index contributed by atoms with van der Waals surface area (Å²) in [6.07, 6.45) is 5.10. The van der Waals surface area contributed by atoms with Gasteiger partial charge < -0.3 is 0 Å². The second-order valence-corrected chi connectivity index (χ2v) is 6.63. The van der Waals surface area contributed by atoms with E-state index in [0.29, 0.717) is 0 Å². The van der Waals surface area contributed by atoms with Crippen molar-refractivity contribution >= 4 is 10.0 Å². The lowest BCUT2D eigenvalue weighted by Crippen LogP contribution is -2.29. The van der Waals surface area contributed by atoms with Crippen molar-refractivity contribution in [1.29, 1.82) is 0 Å². The molecule has 22 heavy (non-hydrogen) atoms. The maximum Gasteiger partial charge on any atom is 0.290 e. The predicted octanol–water partition coefficient (Wildman–Crippen LogP) is 2.01. The van der Waals surface area contributed by atoms with Gasteiger partial charge in [-0.05, 0) is 31.2 Å². The zero-order valence-electron chi connectivity index (χ0n) is 12.0. The summed E-state index contributed by atoms with van der Waals surface area (Å²) >= 11 is 0. The zero-order valence-corrected chi connectivity index (χ0v) is 12.9. The highest BCUT2D eigenvalue weighted by atomic mass is 32.2. The van der Waals surface area contributed by atoms with Crippen LogP contribution >= 0.6 is 0 Å². The summed E-state index contributed by atoms with van der Waals surface area (Å²) in [5, 5.41) is 0. The van der Waals surface area contributed by atoms with Crippen LogP contribution in [0.3, 0.4) is 0 Å². The van der Waals surface area contributed by atoms with Crippen LogP contribution in [-0.2, 0) is 10.0 Å². The van der Waals surface area contributed by atoms with E-state index in [2.05, 4.69) is 4.83 Å². The van der Waals surface area contributed by atoms with Gasteiger partial charge in [-0.1, -0.05) is 35.9 Å². The molecule has 1 heterocycles. The SMILES string of the molecule is Cc1ccc(S(=O)(=O)Nn2cc[n+](-c3ccccc3)c2)cc1. The third-order valence-electron chi connectivity index (χ3n) is 3.25. The second kappa shape index (κ2) is 5.65. The molecule has 0 unspecified atom stereocenters. The molecule has 0 aliphatic heterocycles. The minimum atomic E-state index is -3.60. The topological polar surface area (TPSA) is 55.0 Å². The number of hydrogen-bond acceptors (Lipinski definition) is 2. The molecule has 3 rings (SSSR count). The Bertz CT molecular complexity index is 869. The van der Waals surface area contributed by atoms with Crippen LogP contribution in [0.25, 0.3) is 5.69 Å². The first kappa shape index (κ1) is 14.3. The van der Waals surface area contributed by atoms with E-state index in [1.165, 1.54) is 4.68 Å². The minimum Gasteiger partial charge on any atom is -0.200 e. The Morgan fingerprint density at radius 1 is 1.00 bits per heavy atom. The van der Waals surface area contributed by atoms with Crippen LogP contribution in [0.15, 0.2) is 78.2 Å². The van der Waals surface area contributed by atoms with Gasteiger partial charge in [0.15, 0.2) is 6.20 Å². The molecular weight excluding hydrogens is 298 g/mol. The Kier molecular flexibility index (Phi) is 3.68. The number of rotatable bonds is 4. The Hall–Kier alpha value is -2.60. The van der Waals surface area contributed by atoms with Crippen molar-refractivity contribution in [2.45, 2.75) is 11.8 Å². The summed E-state index contributed by atoms with van der Waals surface area (Å²) < 4.78 is 27.9. The molecule has 0 saturated heterocycles. The molecule has 0 atom stereocenters. The highest BCUT2D eigenvalue weighted by molar-refractivity contribution is 7.92. The lowest BCUT2D eigenvalue weighted by Gasteiger charge is -2.04. The van der Waals surface area contributed by atoms with E-state index in [1.807, 2.05) is 41.8 Å². The van der Waals surface area contributed by atoms with E-state index in [9.17, 15) is 8.42 Å². The van der Waals surface area contributed by atoms with Crippen molar-refractivity contribution < 1.29 is 13.0 Å². The van der Waals surface area contributed by atoms with Crippen molar-refractivity contribution in [2.75, 3.05) is 4.83 Å². The number of nitrogens with one attached hydrogen (secondary N) is 1. The van der Waals surface area contributed by atoms with E-state index < -0.39 is 10.0 Å². The van der Waals surface area contributed by atoms with Crippen LogP contribution in [-0.4, -0.2) is 13.1 Å². The van der Waals surface area contributed by atoms with E-state index in [4.69, 9.17) is 0 Å². The molecule has 0 fully saturated rings. The van der Waals surface area contributed by atoms with Gasteiger partial charge in [0.2, 0.25) is 0 Å². The van der Waals surface area contributed by atoms with Gasteiger partial charge in [-0.15, -0.1) is 9.51 Å². The van der Waals surface area contributed by atoms with Gasteiger partial charge in [0, 0.05) is 0 Å². The van der Waals surface area contributed by atoms with Gasteiger partial charge in [-0.3, -0.25) is 0 Å². The molecule has 0 aliphatic rings. The van der Waals surface area contributed by atoms with Crippen LogP contribution in [0.4, 0.5) is 0 Å². The molecule has 6 heteroatoms. The molecule has 1 N–H and O–H groups in total. The number of nitrogens with zero attached hydrogens (tertiary/aromatic N) is 2. The molecule has 0 radical (unpaired) electrons. The molecule has 0 amide bonds. The highest BCUT2D eigenvalue weighted by Gasteiger charge is 2.17. The minimum absolute atomic E-state index is 0.234. The quantitative estimate of drug-likeness (QED) is 0.749. The van der Waals surface area contributed by atoms with Crippen molar-refractivity contribution in [3.05, 3.63) is 78.9 Å². The molecule has 0 bridgehead atoms. The van der Waals surface area contributed by atoms with Gasteiger partial charge in [0.1, 0.15) is 11.9 Å². The van der Waals surface area contributed by atoms with Crippen LogP contribution in [0.5, 0.6) is 0 Å². The predicted molar refractivity (Wildman–Crippen MR) is 83.7 cm³/mol. The van der Waals surface area contributed by atoms with Crippen molar-refractivity contribution in [2.24, 2.45) is 0 Å². The maximum absolute atomic E-state index is 12.3. The second-order valence-electron chi connectivity index (χ2n) is 4.97. The van der Waals surface area contributed by atoms with Crippen LogP contribution in [0.1, 0.15) is 5.56 Å². The van der Waals surface area contributed by atoms with Crippen LogP contribution in [0, 0.1) is 6.92 Å². The highest BCUT2D eigenvalue weighted by Crippen LogP contribution is 2.10. The van der Waals surface area contributed by atoms with Crippen molar-refractivity contribution in [1.82, 2.24) is 4.68 Å². The standard InChI is InChI=1S/C16H16N3O2S/c1-14-7-9-16(10-8-14)22(20,21)17-19-12-11-18(13-19)15-5-3-2-4-6-15/h2-13,17H,1H3/q+1. The summed E-state index contributed by atoms with van der Waals surface area (Å²) in [4.78, 5) is 2.75. The lowest BCUT2D eigenvalue weighted by atomic mass is 10.2. The van der Waals surface area contributed by atoms with E-state index >= 15 is 0 Å². The Morgan fingerprint density at radius 2 is 1.68 bits per heavy atom. The van der Waals surface area contributed by atoms with Crippen molar-refractivity contribution in [3.63, 3.8) is 0 Å². The van der Waals surface area contributed by atoms with Gasteiger partial charge in [0.05, 0.1) is 4.90 Å². The molecule has 1 aromatic heterocycles. The number of para-hydroxylation sites is 1. The normalized spacial score (nSPS) is 11.3. The van der Waals surface area contributed by atoms with Gasteiger partial charge in [-0.25, -0.2) is 4.57 Å². The smallest absolute Gasteiger partial charge is 0.200 e. The fraction of sp³-hybridized carbons (Fsp3) is 0.0625. The lowest BCUT2D eigenvalue weighted by molar-refractivity contribution is -0.595. The van der Waals surface area contributed by atoms with Crippen LogP contribution < -0.4 is 9.40 Å². The summed E-state index contributed by atoms with van der Waals surface area (Å²) in [6.45, 7) is 1.92. The maximum atomic E-state index is 12.3. The number of benzene rings is 2. The molecule has 2 aromatic carbocycles. The fourth-order valence-electron chi connectivity index (χ4n) is 2.07. The largest absolute Gasteiger partial charge is 0.290 e. The summed E-state index contributed by atoms with van der Waals surface area (Å²) in [5.74, 6) is 0. The summed E-state index contributed by atoms with van der Waals surface area (Å²) in [7, 11) is -3.60. The van der Waals surface area contributed by atoms with E-state index in [0.717, 1.165) is 11.3 Å². The number of hydrogen-bond donors (Lipinski definition) is 1. The molecule has 3 aromatic rings. The number of sulfonamides is 1. The number of aromatic nitrogens is 2. The monoisotopic (exact) mass is 314 g/mol. The van der Waals surface area contributed by atoms with Crippen LogP contribution in [0.2, 0.25) is 0 Å². The average Bonchev–Trinajstić information content (AvgIpc) is 2.96. The number of imidazole rings is 1. The van der Waals surface area contributed by atoms with Gasteiger partial charge >= 0.3 is 0 Å². The first-order valence-electron chi connectivity index (χ1n) is 6.79. The Balaban J connectivity index is 1.84. The molecule has 0 saturated carbocycles. The molecule has 5 nitrogen and oxygen atoms in total. The van der Waals surface area contributed by atoms with Gasteiger partial charge in [-0.2, -0.15) is 8.42 Å². The fourth-order valence-corrected chi connectivity index (χ4v) is 3.06. The Morgan fingerprint density at radius 3 is 2.36 bits per heavy atom. The first-order valence-corrected chi connectivity index (χ1v) is 8.27. The van der Waals surface area contributed by atoms with E-state index in [-0.39, 0.29) is 4.90 Å². The number of aryl methyl sites for hydroxylation is 1. The first-order chi connectivity index (χ1) is 10.5.